The van der Waals surface area contributed by atoms with Crippen LogP contribution in [0.25, 0.3) is 0 Å². The van der Waals surface area contributed by atoms with Gasteiger partial charge in [0.2, 0.25) is 5.91 Å². The van der Waals surface area contributed by atoms with Crippen molar-refractivity contribution in [2.75, 3.05) is 26.2 Å². The molecule has 2 aliphatic heterocycles. The number of piperidine rings is 1. The van der Waals surface area contributed by atoms with Crippen LogP contribution in [0.1, 0.15) is 38.5 Å². The number of carbonyl (C=O) groups excluding carboxylic acids is 1. The minimum atomic E-state index is 0. The normalized spacial score (nSPS) is 23.4. The third kappa shape index (κ3) is 3.63. The number of likely N-dealkylation sites (tertiary alicyclic amines) is 1. The van der Waals surface area contributed by atoms with Gasteiger partial charge < -0.3 is 22.6 Å². The van der Waals surface area contributed by atoms with E-state index in [2.05, 4.69) is 10.2 Å². The van der Waals surface area contributed by atoms with Crippen LogP contribution in [0.2, 0.25) is 0 Å². The van der Waals surface area contributed by atoms with Crippen LogP contribution in [-0.2, 0) is 4.79 Å². The molecule has 0 atom stereocenters. The van der Waals surface area contributed by atoms with E-state index in [0.29, 0.717) is 11.8 Å². The van der Waals surface area contributed by atoms with E-state index in [-0.39, 0.29) is 12.4 Å². The van der Waals surface area contributed by atoms with E-state index in [1.165, 1.54) is 25.7 Å². The number of hydrogen-bond acceptors (Lipinski definition) is 2. The highest BCUT2D eigenvalue weighted by atomic mass is 35.5. The third-order valence-corrected chi connectivity index (χ3v) is 3.61. The van der Waals surface area contributed by atoms with E-state index in [4.69, 9.17) is 0 Å². The average molecular weight is 246 g/mol. The Balaban J connectivity index is 0.00000128. The molecule has 0 saturated carbocycles. The molecule has 2 heterocycles. The first kappa shape index (κ1) is 13.8. The maximum Gasteiger partial charge on any atom is 0.225 e. The summed E-state index contributed by atoms with van der Waals surface area (Å²) in [7, 11) is 0. The molecule has 16 heavy (non-hydrogen) atoms. The third-order valence-electron chi connectivity index (χ3n) is 3.61. The summed E-state index contributed by atoms with van der Waals surface area (Å²) in [4.78, 5) is 14.3. The second kappa shape index (κ2) is 7.13. The topological polar surface area (TPSA) is 32.3 Å². The zero-order chi connectivity index (χ0) is 10.5. The van der Waals surface area contributed by atoms with Gasteiger partial charge in [-0.25, -0.2) is 0 Å². The second-order valence-corrected chi connectivity index (χ2v) is 4.76. The Morgan fingerprint density at radius 3 is 2.12 bits per heavy atom. The van der Waals surface area contributed by atoms with Crippen molar-refractivity contribution >= 4 is 5.91 Å². The summed E-state index contributed by atoms with van der Waals surface area (Å²) in [5.74, 6) is 0.739. The molecule has 0 aromatic carbocycles. The number of carbonyl (C=O) groups is 1. The molecule has 0 radical (unpaired) electrons. The lowest BCUT2D eigenvalue weighted by atomic mass is 9.96. The summed E-state index contributed by atoms with van der Waals surface area (Å²) in [5, 5.41) is 3.31. The van der Waals surface area contributed by atoms with Crippen LogP contribution in [0.3, 0.4) is 0 Å². The lowest BCUT2D eigenvalue weighted by molar-refractivity contribution is -0.136. The maximum atomic E-state index is 12.2. The number of nitrogens with zero attached hydrogens (tertiary/aromatic N) is 1. The van der Waals surface area contributed by atoms with Crippen molar-refractivity contribution < 1.29 is 17.2 Å². The molecule has 94 valence electrons. The van der Waals surface area contributed by atoms with Gasteiger partial charge in [0, 0.05) is 19.0 Å². The highest BCUT2D eigenvalue weighted by molar-refractivity contribution is 5.79. The fraction of sp³-hybridized carbons (Fsp3) is 0.917. The van der Waals surface area contributed by atoms with Crippen LogP contribution in [0.5, 0.6) is 0 Å². The van der Waals surface area contributed by atoms with Gasteiger partial charge in [-0.2, -0.15) is 0 Å². The molecule has 2 saturated heterocycles. The number of rotatable bonds is 1. The van der Waals surface area contributed by atoms with Crippen molar-refractivity contribution in [1.29, 1.82) is 0 Å². The monoisotopic (exact) mass is 245 g/mol. The number of amides is 1. The van der Waals surface area contributed by atoms with Crippen LogP contribution in [0.4, 0.5) is 0 Å². The van der Waals surface area contributed by atoms with Gasteiger partial charge in [-0.3, -0.25) is 4.79 Å². The van der Waals surface area contributed by atoms with Crippen LogP contribution >= 0.6 is 0 Å². The summed E-state index contributed by atoms with van der Waals surface area (Å²) in [6.07, 6.45) is 7.09. The SMILES string of the molecule is O=C(C1CCNCC1)N1CCCCCC1.[Cl-]. The smallest absolute Gasteiger partial charge is 0.225 e. The molecule has 2 fully saturated rings. The van der Waals surface area contributed by atoms with Gasteiger partial charge >= 0.3 is 0 Å². The van der Waals surface area contributed by atoms with Crippen LogP contribution in [0, 0.1) is 5.92 Å². The number of nitrogens with one attached hydrogen (secondary N) is 1. The Hall–Kier alpha value is -0.280. The lowest BCUT2D eigenvalue weighted by Gasteiger charge is -2.28. The summed E-state index contributed by atoms with van der Waals surface area (Å²) < 4.78 is 0. The molecule has 0 bridgehead atoms. The summed E-state index contributed by atoms with van der Waals surface area (Å²) in [6, 6.07) is 0. The Bertz CT molecular complexity index is 209. The van der Waals surface area contributed by atoms with Gasteiger partial charge in [0.15, 0.2) is 0 Å². The van der Waals surface area contributed by atoms with Crippen LogP contribution in [-0.4, -0.2) is 37.0 Å². The molecular weight excluding hydrogens is 224 g/mol. The Morgan fingerprint density at radius 2 is 1.56 bits per heavy atom. The standard InChI is InChI=1S/C12H22N2O.ClH/c15-12(11-5-7-13-8-6-11)14-9-3-1-2-4-10-14;/h11,13H,1-10H2;1H/p-1. The van der Waals surface area contributed by atoms with E-state index >= 15 is 0 Å². The summed E-state index contributed by atoms with van der Waals surface area (Å²) in [5.41, 5.74) is 0. The average Bonchev–Trinajstić information content (AvgIpc) is 2.58. The van der Waals surface area contributed by atoms with Crippen molar-refractivity contribution in [3.8, 4) is 0 Å². The van der Waals surface area contributed by atoms with Crippen molar-refractivity contribution in [2.24, 2.45) is 5.92 Å². The van der Waals surface area contributed by atoms with Gasteiger partial charge in [-0.05, 0) is 38.8 Å². The zero-order valence-electron chi connectivity index (χ0n) is 9.88. The molecule has 0 aromatic heterocycles. The Labute approximate surface area is 104 Å². The van der Waals surface area contributed by atoms with E-state index in [9.17, 15) is 4.79 Å². The molecule has 3 nitrogen and oxygen atoms in total. The molecule has 0 aromatic rings. The van der Waals surface area contributed by atoms with Gasteiger partial charge in [-0.1, -0.05) is 12.8 Å². The Kier molecular flexibility index (Phi) is 6.14. The second-order valence-electron chi connectivity index (χ2n) is 4.76. The van der Waals surface area contributed by atoms with Crippen LogP contribution in [0.15, 0.2) is 0 Å². The van der Waals surface area contributed by atoms with Gasteiger partial charge in [0.05, 0.1) is 0 Å². The molecule has 4 heteroatoms. The quantitative estimate of drug-likeness (QED) is 0.603. The predicted octanol–water partition coefficient (Wildman–Crippen LogP) is -1.61. The maximum absolute atomic E-state index is 12.2. The predicted molar refractivity (Wildman–Crippen MR) is 60.6 cm³/mol. The minimum absolute atomic E-state index is 0. The first-order valence-electron chi connectivity index (χ1n) is 6.37. The molecule has 0 unspecified atom stereocenters. The van der Waals surface area contributed by atoms with Crippen molar-refractivity contribution in [1.82, 2.24) is 10.2 Å². The van der Waals surface area contributed by atoms with Gasteiger partial charge in [-0.15, -0.1) is 0 Å². The number of hydrogen-bond donors (Lipinski definition) is 1. The first-order valence-corrected chi connectivity index (χ1v) is 6.37. The van der Waals surface area contributed by atoms with E-state index in [1.807, 2.05) is 0 Å². The number of halogens is 1. The highest BCUT2D eigenvalue weighted by Gasteiger charge is 2.25. The molecular formula is C12H22ClN2O-. The van der Waals surface area contributed by atoms with E-state index in [0.717, 1.165) is 39.0 Å². The van der Waals surface area contributed by atoms with Crippen LogP contribution < -0.4 is 17.7 Å². The first-order chi connectivity index (χ1) is 7.38. The molecule has 2 aliphatic rings. The van der Waals surface area contributed by atoms with Crippen molar-refractivity contribution in [3.63, 3.8) is 0 Å². The minimum Gasteiger partial charge on any atom is -1.00 e. The lowest BCUT2D eigenvalue weighted by Crippen LogP contribution is -3.00. The molecule has 1 amide bonds. The fourth-order valence-corrected chi connectivity index (χ4v) is 2.62. The van der Waals surface area contributed by atoms with Gasteiger partial charge in [0.1, 0.15) is 0 Å². The van der Waals surface area contributed by atoms with Gasteiger partial charge in [0.25, 0.3) is 0 Å². The van der Waals surface area contributed by atoms with Crippen molar-refractivity contribution in [2.45, 2.75) is 38.5 Å². The summed E-state index contributed by atoms with van der Waals surface area (Å²) in [6.45, 7) is 4.04. The molecule has 0 spiro atoms. The summed E-state index contributed by atoms with van der Waals surface area (Å²) >= 11 is 0. The zero-order valence-corrected chi connectivity index (χ0v) is 10.6. The molecule has 1 N–H and O–H groups in total. The largest absolute Gasteiger partial charge is 1.00 e. The molecule has 2 rings (SSSR count). The highest BCUT2D eigenvalue weighted by Crippen LogP contribution is 2.18. The van der Waals surface area contributed by atoms with Crippen molar-refractivity contribution in [3.05, 3.63) is 0 Å². The van der Waals surface area contributed by atoms with E-state index < -0.39 is 0 Å². The van der Waals surface area contributed by atoms with E-state index in [1.54, 1.807) is 0 Å². The Morgan fingerprint density at radius 1 is 1.00 bits per heavy atom. The fourth-order valence-electron chi connectivity index (χ4n) is 2.62. The molecule has 0 aliphatic carbocycles.